The average Bonchev–Trinajstić information content (AvgIpc) is 2.40. The summed E-state index contributed by atoms with van der Waals surface area (Å²) in [6.07, 6.45) is 3.54. The third-order valence-electron chi connectivity index (χ3n) is 1.48. The molecule has 0 aliphatic heterocycles. The van der Waals surface area contributed by atoms with Gasteiger partial charge in [0.25, 0.3) is 0 Å². The number of thiol groups is 1. The van der Waals surface area contributed by atoms with Gasteiger partial charge in [-0.1, -0.05) is 0 Å². The van der Waals surface area contributed by atoms with E-state index in [-0.39, 0.29) is 0 Å². The Kier molecular flexibility index (Phi) is 3.45. The molecule has 1 heterocycles. The molecule has 1 aromatic heterocycles. The van der Waals surface area contributed by atoms with Crippen molar-refractivity contribution in [2.75, 3.05) is 19.3 Å². The lowest BCUT2D eigenvalue weighted by molar-refractivity contribution is 0.345. The van der Waals surface area contributed by atoms with Crippen LogP contribution in [0.1, 0.15) is 5.69 Å². The summed E-state index contributed by atoms with van der Waals surface area (Å²) >= 11 is 4.14. The zero-order valence-electron chi connectivity index (χ0n) is 6.62. The Morgan fingerprint density at radius 1 is 1.73 bits per heavy atom. The van der Waals surface area contributed by atoms with Crippen molar-refractivity contribution in [3.63, 3.8) is 0 Å². The van der Waals surface area contributed by atoms with Crippen LogP contribution in [0, 0.1) is 0 Å². The average molecular weight is 171 g/mol. The first-order chi connectivity index (χ1) is 5.33. The molecule has 0 fully saturated rings. The van der Waals surface area contributed by atoms with Gasteiger partial charge in [0.2, 0.25) is 0 Å². The van der Waals surface area contributed by atoms with Gasteiger partial charge >= 0.3 is 0 Å². The quantitative estimate of drug-likeness (QED) is 0.656. The molecule has 62 valence electrons. The lowest BCUT2D eigenvalue weighted by Gasteiger charge is -2.12. The number of rotatable bonds is 4. The summed E-state index contributed by atoms with van der Waals surface area (Å²) in [6.45, 7) is 1.92. The first-order valence-electron chi connectivity index (χ1n) is 3.59. The lowest BCUT2D eigenvalue weighted by atomic mass is 10.4. The molecule has 0 aliphatic rings. The van der Waals surface area contributed by atoms with Crippen molar-refractivity contribution < 1.29 is 0 Å². The Morgan fingerprint density at radius 3 is 3.09 bits per heavy atom. The molecular weight excluding hydrogens is 158 g/mol. The summed E-state index contributed by atoms with van der Waals surface area (Å²) in [6, 6.07) is 0. The van der Waals surface area contributed by atoms with Crippen LogP contribution in [-0.2, 0) is 6.54 Å². The topological polar surface area (TPSA) is 31.9 Å². The Bertz CT molecular complexity index is 186. The first kappa shape index (κ1) is 8.62. The summed E-state index contributed by atoms with van der Waals surface area (Å²) in [5.41, 5.74) is 1.15. The minimum absolute atomic E-state index is 0.893. The third-order valence-corrected chi connectivity index (χ3v) is 1.68. The number of hydrogen-bond donors (Lipinski definition) is 2. The Balaban J connectivity index is 2.31. The van der Waals surface area contributed by atoms with Gasteiger partial charge in [0, 0.05) is 30.7 Å². The van der Waals surface area contributed by atoms with E-state index in [0.717, 1.165) is 24.5 Å². The number of imidazole rings is 1. The van der Waals surface area contributed by atoms with Crippen molar-refractivity contribution in [1.82, 2.24) is 14.9 Å². The number of aromatic amines is 1. The fourth-order valence-corrected chi connectivity index (χ4v) is 1.25. The maximum absolute atomic E-state index is 4.14. The van der Waals surface area contributed by atoms with Crippen LogP contribution in [-0.4, -0.2) is 34.2 Å². The van der Waals surface area contributed by atoms with Gasteiger partial charge in [0.1, 0.15) is 0 Å². The van der Waals surface area contributed by atoms with Crippen LogP contribution < -0.4 is 0 Å². The zero-order chi connectivity index (χ0) is 8.10. The van der Waals surface area contributed by atoms with Gasteiger partial charge in [0.05, 0.1) is 6.33 Å². The van der Waals surface area contributed by atoms with Gasteiger partial charge in [0.15, 0.2) is 0 Å². The Morgan fingerprint density at radius 2 is 2.55 bits per heavy atom. The van der Waals surface area contributed by atoms with Crippen molar-refractivity contribution >= 4 is 12.6 Å². The van der Waals surface area contributed by atoms with Crippen LogP contribution in [0.15, 0.2) is 12.5 Å². The van der Waals surface area contributed by atoms with Crippen LogP contribution in [0.2, 0.25) is 0 Å². The molecule has 0 aromatic carbocycles. The van der Waals surface area contributed by atoms with Gasteiger partial charge in [-0.2, -0.15) is 12.6 Å². The summed E-state index contributed by atoms with van der Waals surface area (Å²) in [5, 5.41) is 0. The zero-order valence-corrected chi connectivity index (χ0v) is 7.51. The van der Waals surface area contributed by atoms with Crippen molar-refractivity contribution in [3.8, 4) is 0 Å². The molecule has 0 saturated heterocycles. The van der Waals surface area contributed by atoms with Crippen LogP contribution in [0.4, 0.5) is 0 Å². The highest BCUT2D eigenvalue weighted by molar-refractivity contribution is 7.80. The summed E-state index contributed by atoms with van der Waals surface area (Å²) < 4.78 is 0. The molecule has 1 aromatic rings. The Hall–Kier alpha value is -0.480. The molecule has 0 spiro atoms. The minimum atomic E-state index is 0.893. The predicted octanol–water partition coefficient (Wildman–Crippen LogP) is 0.771. The SMILES string of the molecule is CN(CCS)Cc1cnc[nH]1. The maximum Gasteiger partial charge on any atom is 0.0922 e. The van der Waals surface area contributed by atoms with Crippen molar-refractivity contribution in [2.45, 2.75) is 6.54 Å². The highest BCUT2D eigenvalue weighted by atomic mass is 32.1. The van der Waals surface area contributed by atoms with E-state index in [1.807, 2.05) is 6.20 Å². The second kappa shape index (κ2) is 4.41. The summed E-state index contributed by atoms with van der Waals surface area (Å²) in [5.74, 6) is 0.893. The number of nitrogens with zero attached hydrogens (tertiary/aromatic N) is 2. The summed E-state index contributed by atoms with van der Waals surface area (Å²) in [4.78, 5) is 9.18. The number of aromatic nitrogens is 2. The van der Waals surface area contributed by atoms with Crippen LogP contribution in [0.3, 0.4) is 0 Å². The van der Waals surface area contributed by atoms with E-state index in [2.05, 4.69) is 34.5 Å². The van der Waals surface area contributed by atoms with E-state index in [9.17, 15) is 0 Å². The van der Waals surface area contributed by atoms with Gasteiger partial charge in [-0.3, -0.25) is 4.90 Å². The maximum atomic E-state index is 4.14. The minimum Gasteiger partial charge on any atom is -0.347 e. The molecule has 0 radical (unpaired) electrons. The predicted molar refractivity (Wildman–Crippen MR) is 48.8 cm³/mol. The summed E-state index contributed by atoms with van der Waals surface area (Å²) in [7, 11) is 2.07. The van der Waals surface area contributed by atoms with Gasteiger partial charge < -0.3 is 4.98 Å². The molecule has 0 bridgehead atoms. The smallest absolute Gasteiger partial charge is 0.0922 e. The van der Waals surface area contributed by atoms with Crippen LogP contribution >= 0.6 is 12.6 Å². The first-order valence-corrected chi connectivity index (χ1v) is 4.23. The molecule has 0 atom stereocenters. The van der Waals surface area contributed by atoms with Crippen molar-refractivity contribution in [2.24, 2.45) is 0 Å². The molecule has 0 saturated carbocycles. The van der Waals surface area contributed by atoms with Crippen LogP contribution in [0.25, 0.3) is 0 Å². The van der Waals surface area contributed by atoms with Gasteiger partial charge in [-0.05, 0) is 7.05 Å². The fraction of sp³-hybridized carbons (Fsp3) is 0.571. The molecule has 4 heteroatoms. The van der Waals surface area contributed by atoms with Gasteiger partial charge in [-0.25, -0.2) is 4.98 Å². The van der Waals surface area contributed by atoms with Crippen molar-refractivity contribution in [3.05, 3.63) is 18.2 Å². The molecule has 11 heavy (non-hydrogen) atoms. The van der Waals surface area contributed by atoms with E-state index >= 15 is 0 Å². The number of nitrogens with one attached hydrogen (secondary N) is 1. The second-order valence-corrected chi connectivity index (χ2v) is 2.99. The fourth-order valence-electron chi connectivity index (χ4n) is 0.912. The van der Waals surface area contributed by atoms with E-state index in [1.54, 1.807) is 6.33 Å². The molecule has 0 aliphatic carbocycles. The molecule has 0 amide bonds. The third kappa shape index (κ3) is 2.95. The monoisotopic (exact) mass is 171 g/mol. The van der Waals surface area contributed by atoms with E-state index < -0.39 is 0 Å². The number of H-pyrrole nitrogens is 1. The molecular formula is C7H13N3S. The van der Waals surface area contributed by atoms with E-state index in [0.29, 0.717) is 0 Å². The van der Waals surface area contributed by atoms with E-state index in [4.69, 9.17) is 0 Å². The lowest BCUT2D eigenvalue weighted by Crippen LogP contribution is -2.20. The van der Waals surface area contributed by atoms with Crippen molar-refractivity contribution in [1.29, 1.82) is 0 Å². The standard InChI is InChI=1S/C7H13N3S/c1-10(2-3-11)5-7-4-8-6-9-7/h4,6,11H,2-3,5H2,1H3,(H,8,9). The second-order valence-electron chi connectivity index (χ2n) is 2.54. The molecule has 1 rings (SSSR count). The largest absolute Gasteiger partial charge is 0.347 e. The van der Waals surface area contributed by atoms with Gasteiger partial charge in [-0.15, -0.1) is 0 Å². The number of hydrogen-bond acceptors (Lipinski definition) is 3. The van der Waals surface area contributed by atoms with Crippen LogP contribution in [0.5, 0.6) is 0 Å². The highest BCUT2D eigenvalue weighted by Crippen LogP contribution is 1.96. The molecule has 3 nitrogen and oxygen atoms in total. The molecule has 1 N–H and O–H groups in total. The normalized spacial score (nSPS) is 10.8. The van der Waals surface area contributed by atoms with E-state index in [1.165, 1.54) is 0 Å². The Labute approximate surface area is 72.2 Å². The highest BCUT2D eigenvalue weighted by Gasteiger charge is 1.98. The molecule has 0 unspecified atom stereocenters.